The van der Waals surface area contributed by atoms with Gasteiger partial charge >= 0.3 is 5.97 Å². The van der Waals surface area contributed by atoms with Gasteiger partial charge in [0.05, 0.1) is 29.9 Å². The summed E-state index contributed by atoms with van der Waals surface area (Å²) in [5.74, 6) is -0.229. The van der Waals surface area contributed by atoms with Crippen LogP contribution in [-0.4, -0.2) is 29.1 Å². The van der Waals surface area contributed by atoms with Gasteiger partial charge in [0.1, 0.15) is 11.5 Å². The molecule has 2 aromatic carbocycles. The van der Waals surface area contributed by atoms with Crippen molar-refractivity contribution in [3.05, 3.63) is 48.6 Å². The molecule has 122 valence electrons. The minimum Gasteiger partial charge on any atom is -0.481 e. The number of carboxylic acids is 1. The zero-order chi connectivity index (χ0) is 16.3. The molecule has 1 aliphatic carbocycles. The zero-order valence-electron chi connectivity index (χ0n) is 12.8. The summed E-state index contributed by atoms with van der Waals surface area (Å²) in [6.07, 6.45) is 3.97. The maximum Gasteiger partial charge on any atom is 0.305 e. The number of hydrogen-bond acceptors (Lipinski definition) is 4. The quantitative estimate of drug-likeness (QED) is 0.860. The highest BCUT2D eigenvalue weighted by molar-refractivity contribution is 5.94. The maximum atomic E-state index is 11.0. The molecule has 0 aromatic heterocycles. The molecule has 3 atom stereocenters. The number of benzene rings is 2. The predicted molar refractivity (Wildman–Crippen MR) is 86.1 cm³/mol. The van der Waals surface area contributed by atoms with Crippen LogP contribution in [0.3, 0.4) is 0 Å². The van der Waals surface area contributed by atoms with Crippen molar-refractivity contribution in [1.82, 2.24) is 0 Å². The van der Waals surface area contributed by atoms with Crippen LogP contribution in [-0.2, 0) is 9.53 Å². The topological polar surface area (TPSA) is 65.0 Å². The SMILES string of the molecule is O=C(O)CC1CC2C(C=CC23Oc2cccc4cccc(c24)O3)O1. The number of carboxylic acid groups (broad SMARTS) is 1. The van der Waals surface area contributed by atoms with Gasteiger partial charge in [0.25, 0.3) is 5.79 Å². The van der Waals surface area contributed by atoms with Crippen LogP contribution in [0.5, 0.6) is 11.5 Å². The van der Waals surface area contributed by atoms with E-state index in [2.05, 4.69) is 0 Å². The number of hydrogen-bond donors (Lipinski definition) is 1. The van der Waals surface area contributed by atoms with E-state index in [4.69, 9.17) is 19.3 Å². The summed E-state index contributed by atoms with van der Waals surface area (Å²) in [7, 11) is 0. The maximum absolute atomic E-state index is 11.0. The second-order valence-corrected chi connectivity index (χ2v) is 6.56. The van der Waals surface area contributed by atoms with Crippen LogP contribution >= 0.6 is 0 Å². The molecule has 0 bridgehead atoms. The standard InChI is InChI=1S/C19H16O5/c20-17(21)10-12-9-13-14(22-12)7-8-19(13)23-15-5-1-3-11-4-2-6-16(24-19)18(11)15/h1-8,12-14H,9-10H2,(H,20,21). The second kappa shape index (κ2) is 4.74. The Morgan fingerprint density at radius 2 is 1.88 bits per heavy atom. The molecule has 0 amide bonds. The molecule has 2 aromatic rings. The number of ether oxygens (including phenoxy) is 3. The summed E-state index contributed by atoms with van der Waals surface area (Å²) < 4.78 is 18.4. The zero-order valence-corrected chi connectivity index (χ0v) is 12.8. The Morgan fingerprint density at radius 1 is 1.17 bits per heavy atom. The summed E-state index contributed by atoms with van der Waals surface area (Å²) in [6.45, 7) is 0. The molecular weight excluding hydrogens is 308 g/mol. The fraction of sp³-hybridized carbons (Fsp3) is 0.316. The van der Waals surface area contributed by atoms with Crippen LogP contribution in [0, 0.1) is 5.92 Å². The van der Waals surface area contributed by atoms with Gasteiger partial charge < -0.3 is 19.3 Å². The van der Waals surface area contributed by atoms with Crippen LogP contribution in [0.2, 0.25) is 0 Å². The third kappa shape index (κ3) is 1.88. The van der Waals surface area contributed by atoms with Crippen LogP contribution in [0.15, 0.2) is 48.6 Å². The molecule has 1 spiro atoms. The molecule has 3 unspecified atom stereocenters. The highest BCUT2D eigenvalue weighted by atomic mass is 16.7. The van der Waals surface area contributed by atoms with Crippen molar-refractivity contribution >= 4 is 16.7 Å². The van der Waals surface area contributed by atoms with Crippen molar-refractivity contribution in [1.29, 1.82) is 0 Å². The van der Waals surface area contributed by atoms with E-state index in [0.29, 0.717) is 6.42 Å². The molecule has 5 rings (SSSR count). The van der Waals surface area contributed by atoms with Crippen LogP contribution in [0.25, 0.3) is 10.8 Å². The Balaban J connectivity index is 1.52. The van der Waals surface area contributed by atoms with Crippen molar-refractivity contribution in [2.45, 2.75) is 30.8 Å². The lowest BCUT2D eigenvalue weighted by Crippen LogP contribution is -2.48. The number of fused-ring (bicyclic) bond motifs is 2. The molecule has 1 fully saturated rings. The van der Waals surface area contributed by atoms with E-state index in [0.717, 1.165) is 22.3 Å². The lowest BCUT2D eigenvalue weighted by molar-refractivity contribution is -0.139. The Bertz CT molecular complexity index is 830. The Hall–Kier alpha value is -2.53. The predicted octanol–water partition coefficient (Wildman–Crippen LogP) is 3.13. The molecule has 1 saturated heterocycles. The van der Waals surface area contributed by atoms with Crippen molar-refractivity contribution in [2.24, 2.45) is 5.92 Å². The highest BCUT2D eigenvalue weighted by Crippen LogP contribution is 2.50. The first-order chi connectivity index (χ1) is 11.6. The van der Waals surface area contributed by atoms with E-state index in [9.17, 15) is 4.79 Å². The first-order valence-electron chi connectivity index (χ1n) is 8.11. The van der Waals surface area contributed by atoms with E-state index in [1.807, 2.05) is 48.6 Å². The fourth-order valence-electron chi connectivity index (χ4n) is 4.07. The first-order valence-corrected chi connectivity index (χ1v) is 8.11. The monoisotopic (exact) mass is 324 g/mol. The third-order valence-electron chi connectivity index (χ3n) is 5.07. The summed E-state index contributed by atoms with van der Waals surface area (Å²) in [5.41, 5.74) is 0. The van der Waals surface area contributed by atoms with Gasteiger partial charge in [-0.05, 0) is 30.0 Å². The average molecular weight is 324 g/mol. The molecule has 0 saturated carbocycles. The summed E-state index contributed by atoms with van der Waals surface area (Å²) in [5, 5.41) is 11.1. The van der Waals surface area contributed by atoms with Crippen molar-refractivity contribution in [3.63, 3.8) is 0 Å². The smallest absolute Gasteiger partial charge is 0.305 e. The molecular formula is C19H16O5. The van der Waals surface area contributed by atoms with Crippen molar-refractivity contribution in [2.75, 3.05) is 0 Å². The minimum atomic E-state index is -0.916. The molecule has 1 N–H and O–H groups in total. The average Bonchev–Trinajstić information content (AvgIpc) is 3.08. The molecule has 5 nitrogen and oxygen atoms in total. The Labute approximate surface area is 138 Å². The first kappa shape index (κ1) is 13.9. The molecule has 2 heterocycles. The number of aliphatic carboxylic acids is 1. The largest absolute Gasteiger partial charge is 0.481 e. The number of carbonyl (C=O) groups is 1. The van der Waals surface area contributed by atoms with Gasteiger partial charge in [-0.2, -0.15) is 0 Å². The van der Waals surface area contributed by atoms with Crippen LogP contribution in [0.1, 0.15) is 12.8 Å². The summed E-state index contributed by atoms with van der Waals surface area (Å²) in [4.78, 5) is 11.0. The highest BCUT2D eigenvalue weighted by Gasteiger charge is 2.56. The second-order valence-electron chi connectivity index (χ2n) is 6.56. The molecule has 5 heteroatoms. The van der Waals surface area contributed by atoms with Gasteiger partial charge in [-0.3, -0.25) is 4.79 Å². The number of rotatable bonds is 2. The fourth-order valence-corrected chi connectivity index (χ4v) is 4.07. The normalized spacial score (nSPS) is 28.6. The van der Waals surface area contributed by atoms with Crippen LogP contribution in [0.4, 0.5) is 0 Å². The van der Waals surface area contributed by atoms with Gasteiger partial charge in [-0.25, -0.2) is 0 Å². The third-order valence-corrected chi connectivity index (χ3v) is 5.07. The lowest BCUT2D eigenvalue weighted by atomic mass is 9.93. The molecule has 24 heavy (non-hydrogen) atoms. The van der Waals surface area contributed by atoms with Crippen molar-refractivity contribution in [3.8, 4) is 11.5 Å². The molecule has 0 radical (unpaired) electrons. The summed E-state index contributed by atoms with van der Waals surface area (Å²) >= 11 is 0. The Morgan fingerprint density at radius 3 is 2.54 bits per heavy atom. The van der Waals surface area contributed by atoms with Crippen molar-refractivity contribution < 1.29 is 24.1 Å². The van der Waals surface area contributed by atoms with E-state index >= 15 is 0 Å². The van der Waals surface area contributed by atoms with Gasteiger partial charge in [0.2, 0.25) is 0 Å². The van der Waals surface area contributed by atoms with E-state index in [1.165, 1.54) is 0 Å². The van der Waals surface area contributed by atoms with E-state index in [1.54, 1.807) is 0 Å². The molecule has 2 aliphatic heterocycles. The van der Waals surface area contributed by atoms with Gasteiger partial charge in [0, 0.05) is 0 Å². The van der Waals surface area contributed by atoms with Gasteiger partial charge in [-0.1, -0.05) is 30.3 Å². The van der Waals surface area contributed by atoms with Gasteiger partial charge in [-0.15, -0.1) is 0 Å². The Kier molecular flexibility index (Phi) is 2.74. The van der Waals surface area contributed by atoms with Gasteiger partial charge in [0.15, 0.2) is 0 Å². The minimum absolute atomic E-state index is 0.00306. The van der Waals surface area contributed by atoms with E-state index in [-0.39, 0.29) is 24.5 Å². The van der Waals surface area contributed by atoms with E-state index < -0.39 is 11.8 Å². The summed E-state index contributed by atoms with van der Waals surface area (Å²) in [6, 6.07) is 11.9. The lowest BCUT2D eigenvalue weighted by Gasteiger charge is -2.38. The van der Waals surface area contributed by atoms with Crippen LogP contribution < -0.4 is 9.47 Å². The molecule has 3 aliphatic rings.